The summed E-state index contributed by atoms with van der Waals surface area (Å²) in [7, 11) is 0. The summed E-state index contributed by atoms with van der Waals surface area (Å²) < 4.78 is 0. The maximum absolute atomic E-state index is 12.0. The fourth-order valence-electron chi connectivity index (χ4n) is 2.34. The summed E-state index contributed by atoms with van der Waals surface area (Å²) in [6.45, 7) is 6.56. The van der Waals surface area contributed by atoms with Gasteiger partial charge in [0.1, 0.15) is 0 Å². The third kappa shape index (κ3) is 4.89. The third-order valence-corrected chi connectivity index (χ3v) is 4.02. The van der Waals surface area contributed by atoms with Gasteiger partial charge >= 0.3 is 6.03 Å². The molecule has 2 amide bonds. The van der Waals surface area contributed by atoms with Crippen LogP contribution in [0.3, 0.4) is 0 Å². The van der Waals surface area contributed by atoms with E-state index >= 15 is 0 Å². The zero-order valence-corrected chi connectivity index (χ0v) is 14.2. The Morgan fingerprint density at radius 2 is 1.70 bits per heavy atom. The fourth-order valence-corrected chi connectivity index (χ4v) is 2.54. The number of anilines is 2. The van der Waals surface area contributed by atoms with Gasteiger partial charge in [-0.1, -0.05) is 29.8 Å². The van der Waals surface area contributed by atoms with Crippen molar-refractivity contribution in [2.45, 2.75) is 20.4 Å². The lowest BCUT2D eigenvalue weighted by molar-refractivity contribution is 0.251. The van der Waals surface area contributed by atoms with Crippen molar-refractivity contribution in [2.24, 2.45) is 0 Å². The molecule has 2 aromatic rings. The molecule has 2 N–H and O–H groups in total. The van der Waals surface area contributed by atoms with E-state index in [1.165, 1.54) is 0 Å². The van der Waals surface area contributed by atoms with Crippen LogP contribution >= 0.6 is 11.6 Å². The average molecular weight is 332 g/mol. The molecule has 5 heteroatoms. The van der Waals surface area contributed by atoms with Crippen molar-refractivity contribution in [3.8, 4) is 0 Å². The molecule has 0 saturated heterocycles. The van der Waals surface area contributed by atoms with E-state index in [4.69, 9.17) is 11.6 Å². The maximum Gasteiger partial charge on any atom is 0.319 e. The van der Waals surface area contributed by atoms with E-state index in [-0.39, 0.29) is 6.03 Å². The van der Waals surface area contributed by atoms with Crippen LogP contribution < -0.4 is 15.5 Å². The first-order valence-corrected chi connectivity index (χ1v) is 8.15. The number of benzene rings is 2. The van der Waals surface area contributed by atoms with Crippen molar-refractivity contribution >= 4 is 29.0 Å². The van der Waals surface area contributed by atoms with E-state index in [1.807, 2.05) is 48.5 Å². The lowest BCUT2D eigenvalue weighted by Gasteiger charge is -2.21. The normalized spacial score (nSPS) is 10.2. The molecular formula is C18H22ClN3O. The Hall–Kier alpha value is -2.20. The van der Waals surface area contributed by atoms with Crippen LogP contribution in [0.2, 0.25) is 5.02 Å². The SMILES string of the molecule is CCN(CC)c1ccc(NC(=O)NCc2ccccc2Cl)cc1. The Balaban J connectivity index is 1.89. The second kappa shape index (κ2) is 8.44. The summed E-state index contributed by atoms with van der Waals surface area (Å²) in [4.78, 5) is 14.2. The second-order valence-corrected chi connectivity index (χ2v) is 5.53. The van der Waals surface area contributed by atoms with E-state index in [9.17, 15) is 4.79 Å². The fraction of sp³-hybridized carbons (Fsp3) is 0.278. The van der Waals surface area contributed by atoms with Crippen LogP contribution in [0.5, 0.6) is 0 Å². The molecule has 0 spiro atoms. The highest BCUT2D eigenvalue weighted by Gasteiger charge is 2.05. The molecule has 4 nitrogen and oxygen atoms in total. The summed E-state index contributed by atoms with van der Waals surface area (Å²) in [5.74, 6) is 0. The first kappa shape index (κ1) is 17.2. The molecule has 0 radical (unpaired) electrons. The van der Waals surface area contributed by atoms with E-state index in [0.29, 0.717) is 11.6 Å². The molecule has 0 saturated carbocycles. The largest absolute Gasteiger partial charge is 0.372 e. The number of nitrogens with one attached hydrogen (secondary N) is 2. The number of rotatable bonds is 6. The van der Waals surface area contributed by atoms with E-state index in [2.05, 4.69) is 29.4 Å². The van der Waals surface area contributed by atoms with Gasteiger partial charge in [-0.2, -0.15) is 0 Å². The van der Waals surface area contributed by atoms with Gasteiger partial charge in [0.25, 0.3) is 0 Å². The molecule has 122 valence electrons. The summed E-state index contributed by atoms with van der Waals surface area (Å²) in [5, 5.41) is 6.27. The molecule has 2 rings (SSSR count). The van der Waals surface area contributed by atoms with Crippen molar-refractivity contribution in [2.75, 3.05) is 23.3 Å². The summed E-state index contributed by atoms with van der Waals surface area (Å²) in [6, 6.07) is 15.0. The molecule has 0 heterocycles. The van der Waals surface area contributed by atoms with Gasteiger partial charge in [0.05, 0.1) is 0 Å². The van der Waals surface area contributed by atoms with Gasteiger partial charge in [0.2, 0.25) is 0 Å². The molecule has 0 aliphatic carbocycles. The van der Waals surface area contributed by atoms with Gasteiger partial charge in [-0.25, -0.2) is 4.79 Å². The minimum atomic E-state index is -0.250. The number of hydrogen-bond donors (Lipinski definition) is 2. The van der Waals surface area contributed by atoms with Crippen molar-refractivity contribution < 1.29 is 4.79 Å². The van der Waals surface area contributed by atoms with E-state index < -0.39 is 0 Å². The lowest BCUT2D eigenvalue weighted by atomic mass is 10.2. The van der Waals surface area contributed by atoms with Crippen molar-refractivity contribution in [1.82, 2.24) is 5.32 Å². The second-order valence-electron chi connectivity index (χ2n) is 5.12. The zero-order valence-electron chi connectivity index (χ0n) is 13.5. The van der Waals surface area contributed by atoms with Gasteiger partial charge in [0.15, 0.2) is 0 Å². The van der Waals surface area contributed by atoms with Crippen LogP contribution in [0.25, 0.3) is 0 Å². The molecule has 0 aromatic heterocycles. The van der Waals surface area contributed by atoms with Crippen molar-refractivity contribution in [3.63, 3.8) is 0 Å². The molecule has 0 bridgehead atoms. The van der Waals surface area contributed by atoms with Crippen molar-refractivity contribution in [1.29, 1.82) is 0 Å². The predicted octanol–water partition coefficient (Wildman–Crippen LogP) is 4.51. The molecule has 0 fully saturated rings. The quantitative estimate of drug-likeness (QED) is 0.818. The molecule has 2 aromatic carbocycles. The van der Waals surface area contributed by atoms with Gasteiger partial charge in [-0.3, -0.25) is 0 Å². The van der Waals surface area contributed by atoms with Gasteiger partial charge in [0, 0.05) is 36.0 Å². The standard InChI is InChI=1S/C18H22ClN3O/c1-3-22(4-2)16-11-9-15(10-12-16)21-18(23)20-13-14-7-5-6-8-17(14)19/h5-12H,3-4,13H2,1-2H3,(H2,20,21,23). The Labute approximate surface area is 142 Å². The number of carbonyl (C=O) groups is 1. The minimum Gasteiger partial charge on any atom is -0.372 e. The minimum absolute atomic E-state index is 0.250. The summed E-state index contributed by atoms with van der Waals surface area (Å²) >= 11 is 6.07. The molecule has 0 aliphatic rings. The maximum atomic E-state index is 12.0. The van der Waals surface area contributed by atoms with Crippen LogP contribution in [0.4, 0.5) is 16.2 Å². The lowest BCUT2D eigenvalue weighted by Crippen LogP contribution is -2.28. The monoisotopic (exact) mass is 331 g/mol. The number of urea groups is 1. The first-order chi connectivity index (χ1) is 11.1. The van der Waals surface area contributed by atoms with Crippen LogP contribution in [0, 0.1) is 0 Å². The van der Waals surface area contributed by atoms with Crippen LogP contribution in [0.15, 0.2) is 48.5 Å². The van der Waals surface area contributed by atoms with Crippen molar-refractivity contribution in [3.05, 3.63) is 59.1 Å². The topological polar surface area (TPSA) is 44.4 Å². The number of amides is 2. The number of carbonyl (C=O) groups excluding carboxylic acids is 1. The highest BCUT2D eigenvalue weighted by atomic mass is 35.5. The third-order valence-electron chi connectivity index (χ3n) is 3.65. The molecule has 23 heavy (non-hydrogen) atoms. The molecule has 0 atom stereocenters. The van der Waals surface area contributed by atoms with E-state index in [0.717, 1.165) is 30.0 Å². The number of hydrogen-bond acceptors (Lipinski definition) is 2. The molecular weight excluding hydrogens is 310 g/mol. The average Bonchev–Trinajstić information content (AvgIpc) is 2.57. The Kier molecular flexibility index (Phi) is 6.29. The van der Waals surface area contributed by atoms with Crippen LogP contribution in [-0.4, -0.2) is 19.1 Å². The number of halogens is 1. The smallest absolute Gasteiger partial charge is 0.319 e. The van der Waals surface area contributed by atoms with Gasteiger partial charge in [-0.15, -0.1) is 0 Å². The first-order valence-electron chi connectivity index (χ1n) is 7.77. The van der Waals surface area contributed by atoms with Gasteiger partial charge < -0.3 is 15.5 Å². The van der Waals surface area contributed by atoms with E-state index in [1.54, 1.807) is 0 Å². The Morgan fingerprint density at radius 1 is 1.04 bits per heavy atom. The van der Waals surface area contributed by atoms with Crippen LogP contribution in [0.1, 0.15) is 19.4 Å². The summed E-state index contributed by atoms with van der Waals surface area (Å²) in [5.41, 5.74) is 2.80. The van der Waals surface area contributed by atoms with Crippen LogP contribution in [-0.2, 0) is 6.54 Å². The Morgan fingerprint density at radius 3 is 2.30 bits per heavy atom. The zero-order chi connectivity index (χ0) is 16.7. The summed E-state index contributed by atoms with van der Waals surface area (Å²) in [6.07, 6.45) is 0. The molecule has 0 aliphatic heterocycles. The highest BCUT2D eigenvalue weighted by Crippen LogP contribution is 2.18. The molecule has 0 unspecified atom stereocenters. The predicted molar refractivity (Wildman–Crippen MR) is 97.3 cm³/mol. The number of nitrogens with zero attached hydrogens (tertiary/aromatic N) is 1. The highest BCUT2D eigenvalue weighted by molar-refractivity contribution is 6.31. The van der Waals surface area contributed by atoms with Gasteiger partial charge in [-0.05, 0) is 49.7 Å². The Bertz CT molecular complexity index is 639.